The van der Waals surface area contributed by atoms with Crippen LogP contribution >= 0.6 is 11.6 Å². The van der Waals surface area contributed by atoms with Crippen LogP contribution < -0.4 is 21.7 Å². The summed E-state index contributed by atoms with van der Waals surface area (Å²) in [4.78, 5) is 93.7. The molecule has 127 heavy (non-hydrogen) atoms. The molecule has 4 aliphatic heterocycles. The van der Waals surface area contributed by atoms with Gasteiger partial charge in [-0.15, -0.1) is 12.1 Å². The van der Waals surface area contributed by atoms with E-state index in [4.69, 9.17) is 35.3 Å². The molecule has 0 aliphatic carbocycles. The average Bonchev–Trinajstić information content (AvgIpc) is 0.793. The summed E-state index contributed by atoms with van der Waals surface area (Å²) < 4.78 is 95.6. The van der Waals surface area contributed by atoms with Gasteiger partial charge < -0.3 is 70.3 Å². The summed E-state index contributed by atoms with van der Waals surface area (Å²) in [6, 6.07) is 81.3. The molecule has 1 aromatic heterocycles. The number of pyridine rings is 1. The second-order valence-corrected chi connectivity index (χ2v) is 29.7. The minimum Gasteiger partial charge on any atom is -1.00 e. The molecule has 4 unspecified atom stereocenters. The van der Waals surface area contributed by atoms with Crippen LogP contribution in [0.1, 0.15) is 133 Å². The summed E-state index contributed by atoms with van der Waals surface area (Å²) in [5.41, 5.74) is 5.04. The molecule has 656 valence electrons. The molecule has 3 saturated heterocycles. The number of halogens is 7. The maximum atomic E-state index is 13.2. The molecule has 6 atom stereocenters. The number of methoxy groups -OCH3 is 1. The maximum Gasteiger partial charge on any atom is 2.00 e. The van der Waals surface area contributed by atoms with E-state index in [1.54, 1.807) is 109 Å². The number of aromatic nitrogens is 1. The Bertz CT molecular complexity index is 5030. The zero-order valence-corrected chi connectivity index (χ0v) is 77.1. The van der Waals surface area contributed by atoms with E-state index >= 15 is 0 Å². The summed E-state index contributed by atoms with van der Waals surface area (Å²) in [6.07, 6.45) is 6.73. The Morgan fingerprint density at radius 1 is 0.425 bits per heavy atom. The summed E-state index contributed by atoms with van der Waals surface area (Å²) >= 11 is 4.97. The molecule has 2 N–H and O–H groups in total. The molecular formula is C98H96BrClF5MgN5O15Zn. The van der Waals surface area contributed by atoms with Gasteiger partial charge in [0.2, 0.25) is 0 Å². The zero-order chi connectivity index (χ0) is 88.6. The third kappa shape index (κ3) is 36.4. The third-order valence-electron chi connectivity index (χ3n) is 19.9. The number of Topliss-reactive ketones (excluding diaryl/α,β-unsaturated/α-hetero) is 1. The van der Waals surface area contributed by atoms with Crippen molar-refractivity contribution in [2.45, 2.75) is 127 Å². The Kier molecular flexibility index (Phi) is 44.8. The molecular weight excluding hydrogens is 1790 g/mol. The minimum absolute atomic E-state index is 0. The van der Waals surface area contributed by atoms with Crippen molar-refractivity contribution in [1.82, 2.24) is 24.6 Å². The first-order valence-electron chi connectivity index (χ1n) is 39.8. The van der Waals surface area contributed by atoms with E-state index in [1.165, 1.54) is 90.0 Å². The Morgan fingerprint density at radius 3 is 1.05 bits per heavy atom. The summed E-state index contributed by atoms with van der Waals surface area (Å²) in [5.74, 6) is -0.727. The van der Waals surface area contributed by atoms with Gasteiger partial charge in [-0.05, 0) is 143 Å². The Hall–Kier alpha value is -11.5. The van der Waals surface area contributed by atoms with Gasteiger partial charge >= 0.3 is 52.9 Å². The number of rotatable bonds is 15. The van der Waals surface area contributed by atoms with Crippen LogP contribution in [0, 0.1) is 35.2 Å². The molecule has 11 aromatic rings. The molecule has 10 aromatic carbocycles. The number of ketones is 2. The van der Waals surface area contributed by atoms with Crippen LogP contribution in [0.4, 0.5) is 45.9 Å². The number of carbonyl (C=O) groups excluding carboxylic acids is 7. The van der Waals surface area contributed by atoms with Crippen LogP contribution in [-0.4, -0.2) is 137 Å². The number of piperidine rings is 3. The number of allylic oxidation sites excluding steroid dienone is 1. The number of ether oxygens (including phenoxy) is 6. The topological polar surface area (TPSA) is 241 Å². The molecule has 29 heteroatoms. The van der Waals surface area contributed by atoms with E-state index in [1.807, 2.05) is 152 Å². The number of amides is 4. The van der Waals surface area contributed by atoms with Gasteiger partial charge in [0, 0.05) is 107 Å². The number of aliphatic hydroxyl groups is 2. The summed E-state index contributed by atoms with van der Waals surface area (Å²) in [7, 11) is 1.63. The second kappa shape index (κ2) is 54.5. The van der Waals surface area contributed by atoms with Crippen LogP contribution in [0.25, 0.3) is 0 Å². The van der Waals surface area contributed by atoms with Crippen LogP contribution in [0.3, 0.4) is 0 Å². The van der Waals surface area contributed by atoms with Crippen molar-refractivity contribution >= 4 is 76.0 Å². The number of hydrogen-bond donors (Lipinski definition) is 2. The van der Waals surface area contributed by atoms with E-state index < -0.39 is 53.1 Å². The van der Waals surface area contributed by atoms with Crippen molar-refractivity contribution in [3.8, 4) is 5.75 Å². The predicted octanol–water partition coefficient (Wildman–Crippen LogP) is 17.9. The number of carbonyl (C=O) groups is 7. The van der Waals surface area contributed by atoms with Gasteiger partial charge in [-0.3, -0.25) is 19.5 Å². The number of likely N-dealkylation sites (tertiary alicyclic amines) is 3. The van der Waals surface area contributed by atoms with Gasteiger partial charge in [0.05, 0.1) is 42.5 Å². The summed E-state index contributed by atoms with van der Waals surface area (Å²) in [5, 5.41) is 20.8. The first kappa shape index (κ1) is 104. The van der Waals surface area contributed by atoms with Gasteiger partial charge in [-0.1, -0.05) is 200 Å². The average molecular weight is 1880 g/mol. The van der Waals surface area contributed by atoms with Crippen molar-refractivity contribution in [1.29, 1.82) is 0 Å². The van der Waals surface area contributed by atoms with Crippen molar-refractivity contribution in [3.05, 3.63) is 395 Å². The second-order valence-electron chi connectivity index (χ2n) is 29.4. The minimum atomic E-state index is -0.866. The number of hydrogen-bond acceptors (Lipinski definition) is 16. The third-order valence-corrected chi connectivity index (χ3v) is 20.0. The molecule has 5 heterocycles. The standard InChI is InChI=1S/2C20H22FNO3.C19H18FNO3.C19H16FNO3.C8H7ClO2.C6H4F.C6H7NO.BrH.Mg.Zn/c2*1-20(24)11-12-22(18(13-20)16-7-9-17(21)10-8-16)19(23)25-14-15-5-3-2-4-6-15;2*20-16-8-6-15(7-9-16)18-12-17(22)10-11-21(18)19(23)24-13-14-4-2-1-3-5-14;9-8(10)11-6-7-4-2-1-3-5-7;7-6-4-2-1-3-5-6;1-8-6-2-4-7-5-3-6;;;/h2*2-10,18,24H,11-14H2,1H3;1-9,18H,10-13H2;1-11,18H,12-13H2;1-5H,6H2;2-5H;2-5H,1H3;1H;;/q;;;;;-1;;;+2;/p-1/t2*18?,20-;;;;;;;;/m10......../s1. The normalized spacial score (nSPS) is 17.5. The van der Waals surface area contributed by atoms with Gasteiger partial charge in [0.1, 0.15) is 67.8 Å². The van der Waals surface area contributed by atoms with Crippen LogP contribution in [0.2, 0.25) is 0 Å². The molecule has 4 amide bonds. The van der Waals surface area contributed by atoms with E-state index in [0.717, 1.165) is 50.3 Å². The fourth-order valence-electron chi connectivity index (χ4n) is 13.3. The van der Waals surface area contributed by atoms with Crippen molar-refractivity contribution in [2.75, 3.05) is 26.7 Å². The molecule has 0 saturated carbocycles. The Labute approximate surface area is 780 Å². The smallest absolute Gasteiger partial charge is 1.00 e. The van der Waals surface area contributed by atoms with Gasteiger partial charge in [-0.25, -0.2) is 45.9 Å². The molecule has 0 radical (unpaired) electrons. The van der Waals surface area contributed by atoms with E-state index in [2.05, 4.69) is 15.8 Å². The molecule has 3 fully saturated rings. The van der Waals surface area contributed by atoms with Crippen molar-refractivity contribution in [3.63, 3.8) is 0 Å². The fraction of sp³-hybridized carbons (Fsp3) is 0.245. The van der Waals surface area contributed by atoms with E-state index in [9.17, 15) is 65.7 Å². The Balaban J connectivity index is 0.000000237. The van der Waals surface area contributed by atoms with Crippen LogP contribution in [0.5, 0.6) is 5.75 Å². The molecule has 0 spiro atoms. The van der Waals surface area contributed by atoms with Crippen LogP contribution in [0.15, 0.2) is 310 Å². The maximum absolute atomic E-state index is 13.2. The van der Waals surface area contributed by atoms with Crippen molar-refractivity contribution in [2.24, 2.45) is 0 Å². The molecule has 20 nitrogen and oxygen atoms in total. The molecule has 0 bridgehead atoms. The largest absolute Gasteiger partial charge is 2.00 e. The fourth-order valence-corrected chi connectivity index (χ4v) is 13.3. The summed E-state index contributed by atoms with van der Waals surface area (Å²) in [6.45, 7) is 5.58. The quantitative estimate of drug-likeness (QED) is 0.0319. The van der Waals surface area contributed by atoms with Gasteiger partial charge in [0.15, 0.2) is 5.78 Å². The molecule has 4 aliphatic rings. The van der Waals surface area contributed by atoms with Gasteiger partial charge in [0.25, 0.3) is 0 Å². The number of benzene rings is 10. The van der Waals surface area contributed by atoms with Crippen molar-refractivity contribution < 1.29 is 131 Å². The Morgan fingerprint density at radius 2 is 0.732 bits per heavy atom. The van der Waals surface area contributed by atoms with E-state index in [-0.39, 0.29) is 158 Å². The first-order valence-corrected chi connectivity index (χ1v) is 40.2. The zero-order valence-electron chi connectivity index (χ0n) is 70.4. The van der Waals surface area contributed by atoms with E-state index in [0.29, 0.717) is 57.3 Å². The predicted molar refractivity (Wildman–Crippen MR) is 462 cm³/mol. The first-order chi connectivity index (χ1) is 59.8. The van der Waals surface area contributed by atoms with Crippen LogP contribution in [-0.2, 0) is 85.8 Å². The SMILES string of the molecule is COc1ccncc1.C[C@@]1(O)CCN(C(=O)OCc2ccccc2)C(c2ccc(F)cc2)C1.C[C@]1(O)CCN(C(=O)OCc2ccccc2)C(c2ccc(F)cc2)C1.Fc1cc[c-]cc1.O=C(Cl)OCc1ccccc1.O=C1C=CN(C(=O)OCc2ccccc2)C(c2ccc(F)cc2)C1.O=C1CCN(C(=O)OCc2ccccc2)C(c2ccc(F)cc2)C1.[Br-].[Mg+2].[Zn]. The number of nitrogens with zero attached hydrogens (tertiary/aromatic N) is 5. The van der Waals surface area contributed by atoms with Gasteiger partial charge in [-0.2, -0.15) is 18.2 Å². The monoisotopic (exact) mass is 1880 g/mol. The molecule has 15 rings (SSSR count).